The molecular formula is C15H18O4. The van der Waals surface area contributed by atoms with E-state index in [1.165, 1.54) is 0 Å². The van der Waals surface area contributed by atoms with Gasteiger partial charge in [-0.25, -0.2) is 4.79 Å². The molecule has 3 fully saturated rings. The smallest absolute Gasteiger partial charge is 0.334 e. The number of aliphatic hydroxyl groups excluding tert-OH is 1. The summed E-state index contributed by atoms with van der Waals surface area (Å²) >= 11 is 0. The molecule has 0 aromatic rings. The van der Waals surface area contributed by atoms with Gasteiger partial charge >= 0.3 is 5.97 Å². The van der Waals surface area contributed by atoms with Crippen molar-refractivity contribution in [3.8, 4) is 0 Å². The van der Waals surface area contributed by atoms with Crippen LogP contribution in [0.1, 0.15) is 13.3 Å². The van der Waals surface area contributed by atoms with Crippen LogP contribution in [0.3, 0.4) is 0 Å². The fourth-order valence-corrected chi connectivity index (χ4v) is 3.96. The molecule has 2 heterocycles. The van der Waals surface area contributed by atoms with Crippen molar-refractivity contribution in [2.45, 2.75) is 31.8 Å². The number of esters is 1. The van der Waals surface area contributed by atoms with Gasteiger partial charge in [-0.1, -0.05) is 24.8 Å². The van der Waals surface area contributed by atoms with Gasteiger partial charge < -0.3 is 14.6 Å². The molecule has 0 aromatic carbocycles. The second-order valence-electron chi connectivity index (χ2n) is 5.79. The fourth-order valence-electron chi connectivity index (χ4n) is 3.96. The van der Waals surface area contributed by atoms with E-state index < -0.39 is 11.7 Å². The second-order valence-corrected chi connectivity index (χ2v) is 5.79. The zero-order chi connectivity index (χ0) is 13.9. The normalized spacial score (nSPS) is 47.8. The third-order valence-electron chi connectivity index (χ3n) is 4.80. The highest BCUT2D eigenvalue weighted by Crippen LogP contribution is 2.59. The van der Waals surface area contributed by atoms with Gasteiger partial charge in [-0.15, -0.1) is 6.58 Å². The highest BCUT2D eigenvalue weighted by Gasteiger charge is 2.65. The number of fused-ring (bicyclic) bond motifs is 4. The molecule has 3 aliphatic rings. The highest BCUT2D eigenvalue weighted by atomic mass is 16.6. The summed E-state index contributed by atoms with van der Waals surface area (Å²) in [5, 5.41) is 10.3. The summed E-state index contributed by atoms with van der Waals surface area (Å²) in [5.41, 5.74) is 0.739. The van der Waals surface area contributed by atoms with E-state index in [1.54, 1.807) is 6.08 Å². The topological polar surface area (TPSA) is 55.8 Å². The number of hydrogen-bond acceptors (Lipinski definition) is 4. The Balaban J connectivity index is 2.09. The van der Waals surface area contributed by atoms with Gasteiger partial charge in [0.2, 0.25) is 0 Å². The van der Waals surface area contributed by atoms with E-state index in [0.717, 1.165) is 5.57 Å². The van der Waals surface area contributed by atoms with Crippen molar-refractivity contribution in [1.82, 2.24) is 0 Å². The van der Waals surface area contributed by atoms with Crippen LogP contribution in [0, 0.1) is 17.3 Å². The zero-order valence-corrected chi connectivity index (χ0v) is 11.0. The Bertz CT molecular complexity index is 494. The maximum atomic E-state index is 11.7. The van der Waals surface area contributed by atoms with Gasteiger partial charge in [-0.2, -0.15) is 0 Å². The quantitative estimate of drug-likeness (QED) is 0.466. The number of ether oxygens (including phenoxy) is 2. The third-order valence-corrected chi connectivity index (χ3v) is 4.80. The Hall–Kier alpha value is -1.39. The molecule has 0 unspecified atom stereocenters. The Kier molecular flexibility index (Phi) is 2.53. The van der Waals surface area contributed by atoms with Gasteiger partial charge in [0, 0.05) is 11.5 Å². The van der Waals surface area contributed by atoms with Crippen LogP contribution in [0.5, 0.6) is 0 Å². The summed E-state index contributed by atoms with van der Waals surface area (Å²) in [6.45, 7) is 13.6. The molecule has 0 aromatic heterocycles. The van der Waals surface area contributed by atoms with Gasteiger partial charge in [0.15, 0.2) is 6.29 Å². The van der Waals surface area contributed by atoms with E-state index in [2.05, 4.69) is 19.7 Å². The number of carbonyl (C=O) groups is 1. The van der Waals surface area contributed by atoms with Crippen LogP contribution in [0.4, 0.5) is 0 Å². The molecule has 0 spiro atoms. The number of rotatable bonds is 2. The van der Waals surface area contributed by atoms with Crippen LogP contribution < -0.4 is 0 Å². The van der Waals surface area contributed by atoms with E-state index in [4.69, 9.17) is 9.47 Å². The molecular weight excluding hydrogens is 244 g/mol. The standard InChI is InChI=1S/C15H18O4/c1-5-15-6-9-10(8(4)13(16)18-9)12(19-14(15)17)11(15)7(2)3/h5,9-12,14,17H,1-2,4,6H2,3H3/t9-,10-,11+,12+,14+,15-/m1/s1. The minimum Gasteiger partial charge on any atom is -0.458 e. The molecule has 4 heteroatoms. The molecule has 3 rings (SSSR count). The van der Waals surface area contributed by atoms with Crippen molar-refractivity contribution in [1.29, 1.82) is 0 Å². The Morgan fingerprint density at radius 1 is 1.58 bits per heavy atom. The highest BCUT2D eigenvalue weighted by molar-refractivity contribution is 5.91. The van der Waals surface area contributed by atoms with Crippen LogP contribution in [0.2, 0.25) is 0 Å². The van der Waals surface area contributed by atoms with Gasteiger partial charge in [0.1, 0.15) is 6.10 Å². The predicted molar refractivity (Wildman–Crippen MR) is 68.9 cm³/mol. The van der Waals surface area contributed by atoms with Gasteiger partial charge in [0.25, 0.3) is 0 Å². The number of aliphatic hydroxyl groups is 1. The minimum atomic E-state index is -0.936. The molecule has 0 amide bonds. The maximum absolute atomic E-state index is 11.7. The first-order valence-electron chi connectivity index (χ1n) is 6.44. The van der Waals surface area contributed by atoms with Gasteiger partial charge in [-0.05, 0) is 13.3 Å². The second kappa shape index (κ2) is 3.81. The summed E-state index contributed by atoms with van der Waals surface area (Å²) in [4.78, 5) is 11.7. The molecule has 0 radical (unpaired) electrons. The van der Waals surface area contributed by atoms with E-state index >= 15 is 0 Å². The Morgan fingerprint density at radius 3 is 2.84 bits per heavy atom. The van der Waals surface area contributed by atoms with Crippen molar-refractivity contribution < 1.29 is 19.4 Å². The van der Waals surface area contributed by atoms with Crippen molar-refractivity contribution in [2.24, 2.45) is 17.3 Å². The van der Waals surface area contributed by atoms with Crippen molar-refractivity contribution in [3.05, 3.63) is 37.0 Å². The van der Waals surface area contributed by atoms with E-state index in [9.17, 15) is 9.90 Å². The van der Waals surface area contributed by atoms with Crippen molar-refractivity contribution in [2.75, 3.05) is 0 Å². The molecule has 6 atom stereocenters. The van der Waals surface area contributed by atoms with Crippen molar-refractivity contribution >= 4 is 5.97 Å². The lowest BCUT2D eigenvalue weighted by Crippen LogP contribution is -2.47. The Labute approximate surface area is 112 Å². The molecule has 2 saturated heterocycles. The first kappa shape index (κ1) is 12.6. The Morgan fingerprint density at radius 2 is 2.26 bits per heavy atom. The van der Waals surface area contributed by atoms with E-state index in [-0.39, 0.29) is 30.0 Å². The summed E-state index contributed by atoms with van der Waals surface area (Å²) < 4.78 is 11.1. The van der Waals surface area contributed by atoms with Crippen LogP contribution in [-0.2, 0) is 14.3 Å². The summed E-state index contributed by atoms with van der Waals surface area (Å²) in [6, 6.07) is 0. The SMILES string of the molecule is C=C[C@]12C[C@H]3OC(=O)C(=C)[C@H]3[C@H](O[C@@H]1O)[C@@H]2C(=C)C. The maximum Gasteiger partial charge on any atom is 0.334 e. The minimum absolute atomic E-state index is 0.0625. The predicted octanol–water partition coefficient (Wildman–Crippen LogP) is 1.57. The lowest BCUT2D eigenvalue weighted by molar-refractivity contribution is -0.142. The summed E-state index contributed by atoms with van der Waals surface area (Å²) in [7, 11) is 0. The van der Waals surface area contributed by atoms with Crippen LogP contribution >= 0.6 is 0 Å². The van der Waals surface area contributed by atoms with Crippen LogP contribution in [0.15, 0.2) is 37.0 Å². The molecule has 4 nitrogen and oxygen atoms in total. The fraction of sp³-hybridized carbons (Fsp3) is 0.533. The summed E-state index contributed by atoms with van der Waals surface area (Å²) in [6.07, 6.45) is 0.691. The molecule has 102 valence electrons. The van der Waals surface area contributed by atoms with Crippen LogP contribution in [0.25, 0.3) is 0 Å². The van der Waals surface area contributed by atoms with Gasteiger partial charge in [0.05, 0.1) is 17.4 Å². The summed E-state index contributed by atoms with van der Waals surface area (Å²) in [5.74, 6) is -0.618. The average molecular weight is 262 g/mol. The molecule has 19 heavy (non-hydrogen) atoms. The lowest BCUT2D eigenvalue weighted by Gasteiger charge is -2.42. The lowest BCUT2D eigenvalue weighted by atomic mass is 9.60. The average Bonchev–Trinajstić information content (AvgIpc) is 2.74. The molecule has 2 bridgehead atoms. The zero-order valence-electron chi connectivity index (χ0n) is 11.0. The van der Waals surface area contributed by atoms with Crippen LogP contribution in [-0.4, -0.2) is 29.6 Å². The third kappa shape index (κ3) is 1.38. The molecule has 1 aliphatic carbocycles. The van der Waals surface area contributed by atoms with Gasteiger partial charge in [-0.3, -0.25) is 0 Å². The van der Waals surface area contributed by atoms with E-state index in [0.29, 0.717) is 12.0 Å². The first-order chi connectivity index (χ1) is 8.92. The largest absolute Gasteiger partial charge is 0.458 e. The monoisotopic (exact) mass is 262 g/mol. The molecule has 1 N–H and O–H groups in total. The number of hydrogen-bond donors (Lipinski definition) is 1. The number of carbonyl (C=O) groups excluding carboxylic acids is 1. The van der Waals surface area contributed by atoms with E-state index in [1.807, 2.05) is 6.92 Å². The molecule has 1 saturated carbocycles. The first-order valence-corrected chi connectivity index (χ1v) is 6.44. The molecule has 2 aliphatic heterocycles. The van der Waals surface area contributed by atoms with Crippen molar-refractivity contribution in [3.63, 3.8) is 0 Å².